The van der Waals surface area contributed by atoms with E-state index >= 15 is 0 Å². The van der Waals surface area contributed by atoms with Crippen LogP contribution in [-0.4, -0.2) is 30.0 Å². The number of anilines is 1. The fraction of sp³-hybridized carbons (Fsp3) is 0.0417. The van der Waals surface area contributed by atoms with Crippen molar-refractivity contribution in [2.45, 2.75) is 0 Å². The third kappa shape index (κ3) is 6.05. The number of carbonyl (C=O) groups is 3. The van der Waals surface area contributed by atoms with Crippen LogP contribution in [0.5, 0.6) is 5.75 Å². The molecule has 0 saturated heterocycles. The van der Waals surface area contributed by atoms with Crippen LogP contribution in [0.1, 0.15) is 26.3 Å². The second kappa shape index (κ2) is 10.6. The second-order valence-corrected chi connectivity index (χ2v) is 7.63. The lowest BCUT2D eigenvalue weighted by atomic mass is 10.1. The maximum absolute atomic E-state index is 14.3. The molecule has 2 amide bonds. The summed E-state index contributed by atoms with van der Waals surface area (Å²) in [5, 5.41) is 14.3. The SMILES string of the molecule is COc1ccc(C(=O)O)cc1NC(=O)C(=Cc1cc(Br)ccc1F)NC(=O)c1ccccc1. The van der Waals surface area contributed by atoms with E-state index in [1.165, 1.54) is 49.6 Å². The van der Waals surface area contributed by atoms with Crippen molar-refractivity contribution in [3.63, 3.8) is 0 Å². The molecule has 3 aromatic carbocycles. The Labute approximate surface area is 197 Å². The number of benzene rings is 3. The minimum atomic E-state index is -1.20. The molecule has 3 rings (SSSR count). The number of carboxylic acid groups (broad SMARTS) is 1. The highest BCUT2D eigenvalue weighted by Crippen LogP contribution is 2.26. The van der Waals surface area contributed by atoms with Crippen molar-refractivity contribution >= 4 is 45.5 Å². The Morgan fingerprint density at radius 2 is 1.73 bits per heavy atom. The van der Waals surface area contributed by atoms with Crippen molar-refractivity contribution in [1.82, 2.24) is 5.32 Å². The van der Waals surface area contributed by atoms with E-state index in [1.807, 2.05) is 0 Å². The summed E-state index contributed by atoms with van der Waals surface area (Å²) >= 11 is 3.25. The summed E-state index contributed by atoms with van der Waals surface area (Å²) in [6.45, 7) is 0. The second-order valence-electron chi connectivity index (χ2n) is 6.72. The first-order chi connectivity index (χ1) is 15.8. The number of amides is 2. The van der Waals surface area contributed by atoms with Crippen LogP contribution in [0.3, 0.4) is 0 Å². The summed E-state index contributed by atoms with van der Waals surface area (Å²) in [6.07, 6.45) is 1.18. The van der Waals surface area contributed by atoms with Crippen molar-refractivity contribution in [3.05, 3.63) is 99.4 Å². The largest absolute Gasteiger partial charge is 0.495 e. The van der Waals surface area contributed by atoms with Gasteiger partial charge in [-0.15, -0.1) is 0 Å². The summed E-state index contributed by atoms with van der Waals surface area (Å²) in [5.41, 5.74) is 0.0640. The van der Waals surface area contributed by atoms with Gasteiger partial charge in [0.05, 0.1) is 18.4 Å². The average Bonchev–Trinajstić information content (AvgIpc) is 2.81. The van der Waals surface area contributed by atoms with Crippen LogP contribution in [-0.2, 0) is 4.79 Å². The van der Waals surface area contributed by atoms with Gasteiger partial charge in [-0.05, 0) is 54.6 Å². The van der Waals surface area contributed by atoms with Gasteiger partial charge in [-0.2, -0.15) is 0 Å². The Morgan fingerprint density at radius 3 is 2.39 bits per heavy atom. The van der Waals surface area contributed by atoms with E-state index in [-0.39, 0.29) is 33.8 Å². The van der Waals surface area contributed by atoms with E-state index in [0.29, 0.717) is 4.47 Å². The van der Waals surface area contributed by atoms with Crippen molar-refractivity contribution in [1.29, 1.82) is 0 Å². The number of carbonyl (C=O) groups excluding carboxylic acids is 2. The van der Waals surface area contributed by atoms with Gasteiger partial charge >= 0.3 is 5.97 Å². The quantitative estimate of drug-likeness (QED) is 0.398. The number of ether oxygens (including phenoxy) is 1. The first-order valence-corrected chi connectivity index (χ1v) is 10.3. The Hall–Kier alpha value is -3.98. The number of hydrogen-bond donors (Lipinski definition) is 3. The number of aromatic carboxylic acids is 1. The molecule has 0 spiro atoms. The van der Waals surface area contributed by atoms with E-state index < -0.39 is 23.6 Å². The highest BCUT2D eigenvalue weighted by molar-refractivity contribution is 9.10. The topological polar surface area (TPSA) is 105 Å². The molecular weight excluding hydrogens is 495 g/mol. The Balaban J connectivity index is 2.00. The molecule has 168 valence electrons. The van der Waals surface area contributed by atoms with Crippen molar-refractivity contribution in [2.75, 3.05) is 12.4 Å². The molecule has 0 saturated carbocycles. The molecule has 0 aliphatic heterocycles. The van der Waals surface area contributed by atoms with Gasteiger partial charge in [0.25, 0.3) is 11.8 Å². The zero-order valence-corrected chi connectivity index (χ0v) is 18.9. The number of halogens is 2. The van der Waals surface area contributed by atoms with E-state index in [9.17, 15) is 23.9 Å². The molecule has 3 aromatic rings. The van der Waals surface area contributed by atoms with Gasteiger partial charge in [-0.1, -0.05) is 34.1 Å². The minimum absolute atomic E-state index is 0.0501. The molecule has 0 aliphatic rings. The van der Waals surface area contributed by atoms with Crippen LogP contribution in [0.15, 0.2) is 76.9 Å². The molecule has 0 atom stereocenters. The molecule has 0 aromatic heterocycles. The third-order valence-electron chi connectivity index (χ3n) is 4.48. The van der Waals surface area contributed by atoms with Crippen LogP contribution >= 0.6 is 15.9 Å². The fourth-order valence-electron chi connectivity index (χ4n) is 2.85. The molecule has 0 bridgehead atoms. The maximum atomic E-state index is 14.3. The van der Waals surface area contributed by atoms with E-state index in [4.69, 9.17) is 4.74 Å². The summed E-state index contributed by atoms with van der Waals surface area (Å²) in [7, 11) is 1.36. The zero-order valence-electron chi connectivity index (χ0n) is 17.3. The number of rotatable bonds is 7. The average molecular weight is 513 g/mol. The van der Waals surface area contributed by atoms with E-state index in [0.717, 1.165) is 0 Å². The molecule has 3 N–H and O–H groups in total. The van der Waals surface area contributed by atoms with Crippen molar-refractivity contribution in [2.24, 2.45) is 0 Å². The summed E-state index contributed by atoms with van der Waals surface area (Å²) < 4.78 is 20.1. The summed E-state index contributed by atoms with van der Waals surface area (Å²) in [6, 6.07) is 16.3. The van der Waals surface area contributed by atoms with E-state index in [1.54, 1.807) is 30.3 Å². The first kappa shape index (κ1) is 23.7. The monoisotopic (exact) mass is 512 g/mol. The zero-order chi connectivity index (χ0) is 24.0. The molecule has 0 aliphatic carbocycles. The first-order valence-electron chi connectivity index (χ1n) is 9.54. The highest BCUT2D eigenvalue weighted by atomic mass is 79.9. The third-order valence-corrected chi connectivity index (χ3v) is 4.97. The van der Waals surface area contributed by atoms with Crippen LogP contribution in [0, 0.1) is 5.82 Å². The lowest BCUT2D eigenvalue weighted by molar-refractivity contribution is -0.113. The molecule has 9 heteroatoms. The Kier molecular flexibility index (Phi) is 7.57. The number of hydrogen-bond acceptors (Lipinski definition) is 4. The lowest BCUT2D eigenvalue weighted by Crippen LogP contribution is -2.31. The van der Waals surface area contributed by atoms with Crippen molar-refractivity contribution in [3.8, 4) is 5.75 Å². The predicted molar refractivity (Wildman–Crippen MR) is 125 cm³/mol. The molecule has 7 nitrogen and oxygen atoms in total. The van der Waals surface area contributed by atoms with Crippen LogP contribution in [0.4, 0.5) is 10.1 Å². The van der Waals surface area contributed by atoms with Gasteiger partial charge in [0.1, 0.15) is 17.3 Å². The molecule has 0 heterocycles. The Bertz CT molecular complexity index is 1240. The normalized spacial score (nSPS) is 10.9. The standard InChI is InChI=1S/C24H18BrFN2O5/c1-33-21-10-7-15(24(31)32)12-19(21)27-23(30)20(13-16-11-17(25)8-9-18(16)26)28-22(29)14-5-3-2-4-6-14/h2-13H,1H3,(H,27,30)(H,28,29)(H,31,32). The van der Waals surface area contributed by atoms with Crippen LogP contribution < -0.4 is 15.4 Å². The molecular formula is C24H18BrFN2O5. The Morgan fingerprint density at radius 1 is 1.00 bits per heavy atom. The van der Waals surface area contributed by atoms with Crippen molar-refractivity contribution < 1.29 is 28.6 Å². The van der Waals surface area contributed by atoms with Crippen LogP contribution in [0.2, 0.25) is 0 Å². The van der Waals surface area contributed by atoms with Crippen LogP contribution in [0.25, 0.3) is 6.08 Å². The van der Waals surface area contributed by atoms with Gasteiger partial charge in [0, 0.05) is 15.6 Å². The number of nitrogens with one attached hydrogen (secondary N) is 2. The fourth-order valence-corrected chi connectivity index (χ4v) is 3.23. The van der Waals surface area contributed by atoms with Gasteiger partial charge in [-0.3, -0.25) is 9.59 Å². The van der Waals surface area contributed by atoms with Gasteiger partial charge in [0.2, 0.25) is 0 Å². The maximum Gasteiger partial charge on any atom is 0.335 e. The highest BCUT2D eigenvalue weighted by Gasteiger charge is 2.18. The number of methoxy groups -OCH3 is 1. The van der Waals surface area contributed by atoms with Gasteiger partial charge < -0.3 is 20.5 Å². The number of carboxylic acids is 1. The van der Waals surface area contributed by atoms with Gasteiger partial charge in [-0.25, -0.2) is 9.18 Å². The lowest BCUT2D eigenvalue weighted by Gasteiger charge is -2.14. The minimum Gasteiger partial charge on any atom is -0.495 e. The molecule has 0 unspecified atom stereocenters. The van der Waals surface area contributed by atoms with E-state index in [2.05, 4.69) is 26.6 Å². The summed E-state index contributed by atoms with van der Waals surface area (Å²) in [4.78, 5) is 37.1. The summed E-state index contributed by atoms with van der Waals surface area (Å²) in [5.74, 6) is -2.99. The predicted octanol–water partition coefficient (Wildman–Crippen LogP) is 4.70. The molecule has 33 heavy (non-hydrogen) atoms. The molecule has 0 fully saturated rings. The molecule has 0 radical (unpaired) electrons. The smallest absolute Gasteiger partial charge is 0.335 e. The van der Waals surface area contributed by atoms with Gasteiger partial charge in [0.15, 0.2) is 0 Å².